The number of benzene rings is 2. The van der Waals surface area contributed by atoms with Crippen molar-refractivity contribution in [1.29, 1.82) is 0 Å². The fourth-order valence-electron chi connectivity index (χ4n) is 4.49. The van der Waals surface area contributed by atoms with Crippen molar-refractivity contribution < 1.29 is 9.59 Å². The number of nitrogens with zero attached hydrogens (tertiary/aromatic N) is 1. The van der Waals surface area contributed by atoms with Gasteiger partial charge in [0.05, 0.1) is 16.7 Å². The van der Waals surface area contributed by atoms with Crippen molar-refractivity contribution in [2.45, 2.75) is 43.9 Å². The van der Waals surface area contributed by atoms with Gasteiger partial charge in [-0.05, 0) is 43.4 Å². The number of anilines is 1. The third-order valence-electron chi connectivity index (χ3n) is 6.02. The van der Waals surface area contributed by atoms with Crippen LogP contribution in [0.1, 0.15) is 54.4 Å². The lowest BCUT2D eigenvalue weighted by molar-refractivity contribution is -0.121. The highest BCUT2D eigenvalue weighted by Gasteiger charge is 2.42. The standard InChI is InChI=1S/C23H26N2O2/c26-21(25-16-8-9-17-25)19-12-4-5-13-20(19)24-22(27)23(14-6-7-15-23)18-10-2-1-3-11-18/h1-5,10-13H,6-9,14-17H2,(H,24,27). The van der Waals surface area contributed by atoms with Crippen LogP contribution in [0.25, 0.3) is 0 Å². The molecular formula is C23H26N2O2. The SMILES string of the molecule is O=C(c1ccccc1NC(=O)C1(c2ccccc2)CCCC1)N1CCCC1. The van der Waals surface area contributed by atoms with E-state index in [0.717, 1.165) is 57.2 Å². The molecule has 2 aliphatic rings. The summed E-state index contributed by atoms with van der Waals surface area (Å²) in [6, 6.07) is 17.5. The number of likely N-dealkylation sites (tertiary alicyclic amines) is 1. The van der Waals surface area contributed by atoms with Gasteiger partial charge in [-0.3, -0.25) is 9.59 Å². The van der Waals surface area contributed by atoms with Crippen molar-refractivity contribution in [1.82, 2.24) is 4.90 Å². The molecule has 2 aromatic carbocycles. The van der Waals surface area contributed by atoms with Crippen molar-refractivity contribution in [3.8, 4) is 0 Å². The molecule has 1 N–H and O–H groups in total. The Labute approximate surface area is 160 Å². The van der Waals surface area contributed by atoms with Crippen molar-refractivity contribution in [3.63, 3.8) is 0 Å². The van der Waals surface area contributed by atoms with Gasteiger partial charge in [0.15, 0.2) is 0 Å². The third-order valence-corrected chi connectivity index (χ3v) is 6.02. The average Bonchev–Trinajstić information content (AvgIpc) is 3.41. The summed E-state index contributed by atoms with van der Waals surface area (Å²) < 4.78 is 0. The smallest absolute Gasteiger partial charge is 0.255 e. The number of para-hydroxylation sites is 1. The second-order valence-corrected chi connectivity index (χ2v) is 7.65. The van der Waals surface area contributed by atoms with Gasteiger partial charge in [0, 0.05) is 13.1 Å². The molecule has 0 radical (unpaired) electrons. The van der Waals surface area contributed by atoms with Gasteiger partial charge in [-0.2, -0.15) is 0 Å². The Morgan fingerprint density at radius 2 is 1.44 bits per heavy atom. The van der Waals surface area contributed by atoms with Gasteiger partial charge in [0.1, 0.15) is 0 Å². The topological polar surface area (TPSA) is 49.4 Å². The van der Waals surface area contributed by atoms with Crippen molar-refractivity contribution in [2.75, 3.05) is 18.4 Å². The number of rotatable bonds is 4. The van der Waals surface area contributed by atoms with Crippen LogP contribution < -0.4 is 5.32 Å². The van der Waals surface area contributed by atoms with E-state index in [0.29, 0.717) is 11.3 Å². The first-order valence-electron chi connectivity index (χ1n) is 9.96. The molecule has 0 atom stereocenters. The molecule has 1 aliphatic heterocycles. The molecule has 27 heavy (non-hydrogen) atoms. The van der Waals surface area contributed by atoms with Crippen LogP contribution >= 0.6 is 0 Å². The van der Waals surface area contributed by atoms with Gasteiger partial charge in [-0.25, -0.2) is 0 Å². The molecule has 1 saturated heterocycles. The highest BCUT2D eigenvalue weighted by Crippen LogP contribution is 2.42. The number of hydrogen-bond acceptors (Lipinski definition) is 2. The highest BCUT2D eigenvalue weighted by atomic mass is 16.2. The largest absolute Gasteiger partial charge is 0.339 e. The molecule has 1 heterocycles. The summed E-state index contributed by atoms with van der Waals surface area (Å²) >= 11 is 0. The zero-order valence-corrected chi connectivity index (χ0v) is 15.6. The second kappa shape index (κ2) is 7.55. The first kappa shape index (κ1) is 17.8. The first-order chi connectivity index (χ1) is 13.2. The molecular weight excluding hydrogens is 336 g/mol. The quantitative estimate of drug-likeness (QED) is 0.878. The Morgan fingerprint density at radius 3 is 2.15 bits per heavy atom. The van der Waals surface area contributed by atoms with Crippen molar-refractivity contribution >= 4 is 17.5 Å². The van der Waals surface area contributed by atoms with E-state index in [4.69, 9.17) is 0 Å². The molecule has 1 saturated carbocycles. The maximum atomic E-state index is 13.4. The number of amides is 2. The molecule has 2 aromatic rings. The lowest BCUT2D eigenvalue weighted by atomic mass is 9.78. The van der Waals surface area contributed by atoms with Crippen LogP contribution in [-0.4, -0.2) is 29.8 Å². The predicted molar refractivity (Wildman–Crippen MR) is 107 cm³/mol. The molecule has 4 rings (SSSR count). The molecule has 0 bridgehead atoms. The minimum absolute atomic E-state index is 0.00729. The monoisotopic (exact) mass is 362 g/mol. The Bertz CT molecular complexity index is 819. The zero-order chi connectivity index (χ0) is 18.7. The van der Waals surface area contributed by atoms with Gasteiger partial charge in [-0.1, -0.05) is 55.3 Å². The minimum atomic E-state index is -0.495. The van der Waals surface area contributed by atoms with E-state index in [1.807, 2.05) is 59.5 Å². The number of carbonyl (C=O) groups excluding carboxylic acids is 2. The summed E-state index contributed by atoms with van der Waals surface area (Å²) in [6.07, 6.45) is 5.91. The molecule has 0 unspecified atom stereocenters. The van der Waals surface area contributed by atoms with Crippen LogP contribution in [0.2, 0.25) is 0 Å². The number of nitrogens with one attached hydrogen (secondary N) is 1. The van der Waals surface area contributed by atoms with Crippen LogP contribution in [0.4, 0.5) is 5.69 Å². The Hall–Kier alpha value is -2.62. The summed E-state index contributed by atoms with van der Waals surface area (Å²) in [5.41, 5.74) is 1.80. The summed E-state index contributed by atoms with van der Waals surface area (Å²) in [5.74, 6) is 0.0245. The van der Waals surface area contributed by atoms with Crippen LogP contribution in [0, 0.1) is 0 Å². The summed E-state index contributed by atoms with van der Waals surface area (Å²) in [7, 11) is 0. The second-order valence-electron chi connectivity index (χ2n) is 7.65. The average molecular weight is 362 g/mol. The molecule has 4 heteroatoms. The Balaban J connectivity index is 1.62. The number of carbonyl (C=O) groups is 2. The fraction of sp³-hybridized carbons (Fsp3) is 0.391. The van der Waals surface area contributed by atoms with E-state index in [-0.39, 0.29) is 11.8 Å². The first-order valence-corrected chi connectivity index (χ1v) is 9.96. The van der Waals surface area contributed by atoms with E-state index in [9.17, 15) is 9.59 Å². The molecule has 4 nitrogen and oxygen atoms in total. The molecule has 2 fully saturated rings. The van der Waals surface area contributed by atoms with Gasteiger partial charge >= 0.3 is 0 Å². The normalized spacial score (nSPS) is 18.4. The van der Waals surface area contributed by atoms with Gasteiger partial charge in [0.25, 0.3) is 5.91 Å². The molecule has 1 aliphatic carbocycles. The maximum Gasteiger partial charge on any atom is 0.255 e. The zero-order valence-electron chi connectivity index (χ0n) is 15.6. The summed E-state index contributed by atoms with van der Waals surface area (Å²) in [4.78, 5) is 28.2. The number of hydrogen-bond donors (Lipinski definition) is 1. The molecule has 140 valence electrons. The van der Waals surface area contributed by atoms with Gasteiger partial charge < -0.3 is 10.2 Å². The van der Waals surface area contributed by atoms with Gasteiger partial charge in [0.2, 0.25) is 5.91 Å². The van der Waals surface area contributed by atoms with Crippen LogP contribution in [0.15, 0.2) is 54.6 Å². The van der Waals surface area contributed by atoms with Crippen LogP contribution in [0.5, 0.6) is 0 Å². The fourth-order valence-corrected chi connectivity index (χ4v) is 4.49. The molecule has 2 amide bonds. The van der Waals surface area contributed by atoms with Crippen molar-refractivity contribution in [3.05, 3.63) is 65.7 Å². The van der Waals surface area contributed by atoms with E-state index in [1.54, 1.807) is 0 Å². The Kier molecular flexibility index (Phi) is 4.97. The van der Waals surface area contributed by atoms with Crippen LogP contribution in [0.3, 0.4) is 0 Å². The Morgan fingerprint density at radius 1 is 0.815 bits per heavy atom. The van der Waals surface area contributed by atoms with Gasteiger partial charge in [-0.15, -0.1) is 0 Å². The lowest BCUT2D eigenvalue weighted by Gasteiger charge is -2.29. The molecule has 0 aromatic heterocycles. The lowest BCUT2D eigenvalue weighted by Crippen LogP contribution is -2.38. The van der Waals surface area contributed by atoms with Crippen LogP contribution in [-0.2, 0) is 10.2 Å². The minimum Gasteiger partial charge on any atom is -0.339 e. The van der Waals surface area contributed by atoms with E-state index in [2.05, 4.69) is 5.32 Å². The van der Waals surface area contributed by atoms with E-state index in [1.165, 1.54) is 0 Å². The van der Waals surface area contributed by atoms with E-state index < -0.39 is 5.41 Å². The maximum absolute atomic E-state index is 13.4. The predicted octanol–water partition coefficient (Wildman–Crippen LogP) is 4.37. The summed E-state index contributed by atoms with van der Waals surface area (Å²) in [6.45, 7) is 1.60. The van der Waals surface area contributed by atoms with Crippen molar-refractivity contribution in [2.24, 2.45) is 0 Å². The third kappa shape index (κ3) is 3.36. The highest BCUT2D eigenvalue weighted by molar-refractivity contribution is 6.06. The summed E-state index contributed by atoms with van der Waals surface area (Å²) in [5, 5.41) is 3.11. The van der Waals surface area contributed by atoms with E-state index >= 15 is 0 Å². The molecule has 0 spiro atoms.